The first kappa shape index (κ1) is 17.1. The molecule has 24 heavy (non-hydrogen) atoms. The first-order valence-electron chi connectivity index (χ1n) is 7.97. The van der Waals surface area contributed by atoms with Crippen LogP contribution in [0, 0.1) is 0 Å². The van der Waals surface area contributed by atoms with Gasteiger partial charge in [-0.3, -0.25) is 0 Å². The van der Waals surface area contributed by atoms with Gasteiger partial charge in [-0.15, -0.1) is 0 Å². The van der Waals surface area contributed by atoms with Crippen molar-refractivity contribution in [1.82, 2.24) is 9.80 Å². The SMILES string of the molecule is CN(Cc1c(Cl)cccc1Cl)C(=O)N(C)C1CCc2ccccc21. The van der Waals surface area contributed by atoms with E-state index in [2.05, 4.69) is 18.2 Å². The fourth-order valence-corrected chi connectivity index (χ4v) is 3.84. The first-order valence-corrected chi connectivity index (χ1v) is 8.73. The Kier molecular flexibility index (Phi) is 5.02. The van der Waals surface area contributed by atoms with Crippen molar-refractivity contribution in [3.8, 4) is 0 Å². The van der Waals surface area contributed by atoms with Crippen LogP contribution in [0.5, 0.6) is 0 Å². The van der Waals surface area contributed by atoms with Crippen LogP contribution < -0.4 is 0 Å². The molecule has 3 nitrogen and oxygen atoms in total. The van der Waals surface area contributed by atoms with Gasteiger partial charge in [0.2, 0.25) is 0 Å². The molecular formula is C19H20Cl2N2O. The van der Waals surface area contributed by atoms with Gasteiger partial charge in [0.25, 0.3) is 0 Å². The van der Waals surface area contributed by atoms with E-state index in [4.69, 9.17) is 23.2 Å². The van der Waals surface area contributed by atoms with Crippen molar-refractivity contribution in [2.24, 2.45) is 0 Å². The Morgan fingerprint density at radius 2 is 1.75 bits per heavy atom. The third-order valence-electron chi connectivity index (χ3n) is 4.65. The molecule has 1 aliphatic rings. The van der Waals surface area contributed by atoms with Crippen molar-refractivity contribution < 1.29 is 4.79 Å². The summed E-state index contributed by atoms with van der Waals surface area (Å²) < 4.78 is 0. The first-order chi connectivity index (χ1) is 11.5. The normalized spacial score (nSPS) is 15.9. The van der Waals surface area contributed by atoms with Crippen molar-refractivity contribution >= 4 is 29.2 Å². The molecule has 3 rings (SSSR count). The Morgan fingerprint density at radius 1 is 1.08 bits per heavy atom. The molecule has 0 fully saturated rings. The zero-order valence-corrected chi connectivity index (χ0v) is 15.3. The van der Waals surface area contributed by atoms with Gasteiger partial charge in [-0.1, -0.05) is 53.5 Å². The van der Waals surface area contributed by atoms with Crippen molar-refractivity contribution in [3.05, 3.63) is 69.2 Å². The minimum absolute atomic E-state index is 0.0345. The lowest BCUT2D eigenvalue weighted by molar-refractivity contribution is 0.154. The molecule has 0 aliphatic heterocycles. The molecule has 1 atom stereocenters. The summed E-state index contributed by atoms with van der Waals surface area (Å²) in [5.74, 6) is 0. The van der Waals surface area contributed by atoms with E-state index in [0.29, 0.717) is 16.6 Å². The number of carbonyl (C=O) groups is 1. The molecule has 0 heterocycles. The van der Waals surface area contributed by atoms with Crippen molar-refractivity contribution in [3.63, 3.8) is 0 Å². The zero-order valence-electron chi connectivity index (χ0n) is 13.8. The smallest absolute Gasteiger partial charge is 0.320 e. The van der Waals surface area contributed by atoms with Gasteiger partial charge >= 0.3 is 6.03 Å². The predicted molar refractivity (Wildman–Crippen MR) is 98.6 cm³/mol. The van der Waals surface area contributed by atoms with Crippen LogP contribution in [0.2, 0.25) is 10.0 Å². The van der Waals surface area contributed by atoms with Crippen molar-refractivity contribution in [1.29, 1.82) is 0 Å². The number of nitrogens with zero attached hydrogens (tertiary/aromatic N) is 2. The molecule has 2 amide bonds. The van der Waals surface area contributed by atoms with Crippen molar-refractivity contribution in [2.45, 2.75) is 25.4 Å². The molecule has 2 aromatic carbocycles. The average molecular weight is 363 g/mol. The molecule has 1 aliphatic carbocycles. The molecule has 0 aromatic heterocycles. The predicted octanol–water partition coefficient (Wildman–Crippen LogP) is 5.16. The van der Waals surface area contributed by atoms with Gasteiger partial charge in [0.1, 0.15) is 0 Å². The summed E-state index contributed by atoms with van der Waals surface area (Å²) in [6.45, 7) is 0.385. The molecule has 0 radical (unpaired) electrons. The molecule has 126 valence electrons. The van der Waals surface area contributed by atoms with Gasteiger partial charge in [0, 0.05) is 29.7 Å². The Balaban J connectivity index is 1.74. The number of carbonyl (C=O) groups excluding carboxylic acids is 1. The highest BCUT2D eigenvalue weighted by molar-refractivity contribution is 6.36. The van der Waals surface area contributed by atoms with Crippen LogP contribution in [-0.4, -0.2) is 29.9 Å². The van der Waals surface area contributed by atoms with Gasteiger partial charge in [-0.2, -0.15) is 0 Å². The Labute approximate surface area is 152 Å². The van der Waals surface area contributed by atoms with E-state index in [-0.39, 0.29) is 12.1 Å². The van der Waals surface area contributed by atoms with Gasteiger partial charge in [0.05, 0.1) is 12.6 Å². The van der Waals surface area contributed by atoms with Gasteiger partial charge < -0.3 is 9.80 Å². The highest BCUT2D eigenvalue weighted by Crippen LogP contribution is 2.35. The number of hydrogen-bond acceptors (Lipinski definition) is 1. The van der Waals surface area contributed by atoms with Crippen molar-refractivity contribution in [2.75, 3.05) is 14.1 Å². The number of urea groups is 1. The Morgan fingerprint density at radius 3 is 2.46 bits per heavy atom. The number of amides is 2. The number of fused-ring (bicyclic) bond motifs is 1. The fraction of sp³-hybridized carbons (Fsp3) is 0.316. The summed E-state index contributed by atoms with van der Waals surface area (Å²) in [7, 11) is 3.64. The highest BCUT2D eigenvalue weighted by atomic mass is 35.5. The summed E-state index contributed by atoms with van der Waals surface area (Å²) in [5, 5.41) is 1.16. The van der Waals surface area contributed by atoms with Crippen LogP contribution in [-0.2, 0) is 13.0 Å². The van der Waals surface area contributed by atoms with E-state index in [1.54, 1.807) is 30.1 Å². The third kappa shape index (κ3) is 3.24. The molecule has 0 saturated carbocycles. The van der Waals surface area contributed by atoms with Crippen LogP contribution in [0.1, 0.15) is 29.2 Å². The minimum Gasteiger partial charge on any atom is -0.323 e. The molecule has 0 saturated heterocycles. The molecule has 1 unspecified atom stereocenters. The maximum absolute atomic E-state index is 12.8. The number of halogens is 2. The zero-order chi connectivity index (χ0) is 17.3. The quantitative estimate of drug-likeness (QED) is 0.739. The molecule has 0 N–H and O–H groups in total. The van der Waals surface area contributed by atoms with Gasteiger partial charge in [-0.25, -0.2) is 4.79 Å². The minimum atomic E-state index is -0.0345. The molecule has 5 heteroatoms. The number of rotatable bonds is 3. The number of hydrogen-bond donors (Lipinski definition) is 0. The Bertz CT molecular complexity index is 743. The van der Waals surface area contributed by atoms with Crippen LogP contribution in [0.3, 0.4) is 0 Å². The second kappa shape index (κ2) is 7.04. The van der Waals surface area contributed by atoms with Gasteiger partial charge in [-0.05, 0) is 36.1 Å². The lowest BCUT2D eigenvalue weighted by Crippen LogP contribution is -2.40. The summed E-state index contributed by atoms with van der Waals surface area (Å²) in [6.07, 6.45) is 1.97. The van der Waals surface area contributed by atoms with Gasteiger partial charge in [0.15, 0.2) is 0 Å². The summed E-state index contributed by atoms with van der Waals surface area (Å²) in [6, 6.07) is 13.8. The lowest BCUT2D eigenvalue weighted by Gasteiger charge is -2.30. The lowest BCUT2D eigenvalue weighted by atomic mass is 10.1. The fourth-order valence-electron chi connectivity index (χ4n) is 3.33. The molecule has 0 spiro atoms. The van der Waals surface area contributed by atoms with Crippen LogP contribution in [0.15, 0.2) is 42.5 Å². The third-order valence-corrected chi connectivity index (χ3v) is 5.36. The topological polar surface area (TPSA) is 23.6 Å². The monoisotopic (exact) mass is 362 g/mol. The molecule has 2 aromatic rings. The van der Waals surface area contributed by atoms with Crippen LogP contribution in [0.25, 0.3) is 0 Å². The maximum atomic E-state index is 12.8. The highest BCUT2D eigenvalue weighted by Gasteiger charge is 2.30. The van der Waals surface area contributed by atoms with E-state index >= 15 is 0 Å². The number of benzene rings is 2. The maximum Gasteiger partial charge on any atom is 0.320 e. The average Bonchev–Trinajstić information content (AvgIpc) is 3.01. The molecule has 0 bridgehead atoms. The van der Waals surface area contributed by atoms with E-state index in [9.17, 15) is 4.79 Å². The van der Waals surface area contributed by atoms with E-state index in [1.807, 2.05) is 18.0 Å². The van der Waals surface area contributed by atoms with E-state index < -0.39 is 0 Å². The second-order valence-electron chi connectivity index (χ2n) is 6.20. The summed E-state index contributed by atoms with van der Waals surface area (Å²) in [5.41, 5.74) is 3.35. The summed E-state index contributed by atoms with van der Waals surface area (Å²) >= 11 is 12.4. The molecular weight excluding hydrogens is 343 g/mol. The second-order valence-corrected chi connectivity index (χ2v) is 7.02. The largest absolute Gasteiger partial charge is 0.323 e. The van der Waals surface area contributed by atoms with E-state index in [1.165, 1.54) is 11.1 Å². The van der Waals surface area contributed by atoms with Crippen LogP contribution >= 0.6 is 23.2 Å². The summed E-state index contributed by atoms with van der Waals surface area (Å²) in [4.78, 5) is 16.3. The number of aryl methyl sites for hydroxylation is 1. The Hall–Kier alpha value is -1.71. The van der Waals surface area contributed by atoms with E-state index in [0.717, 1.165) is 18.4 Å². The standard InChI is InChI=1S/C19H20Cl2N2O/c1-22(12-15-16(20)8-5-9-17(15)21)19(24)23(2)18-11-10-13-6-3-4-7-14(13)18/h3-9,18H,10-12H2,1-2H3. The van der Waals surface area contributed by atoms with Crippen LogP contribution in [0.4, 0.5) is 4.79 Å².